The van der Waals surface area contributed by atoms with E-state index in [2.05, 4.69) is 36.1 Å². The largest absolute Gasteiger partial charge is 0.387 e. The summed E-state index contributed by atoms with van der Waals surface area (Å²) in [6.07, 6.45) is 0. The monoisotopic (exact) mass is 248 g/mol. The Morgan fingerprint density at radius 2 is 2.00 bits per heavy atom. The van der Waals surface area contributed by atoms with Crippen molar-refractivity contribution in [2.45, 2.75) is 13.5 Å². The molecule has 0 aliphatic carbocycles. The Bertz CT molecular complexity index is 412. The molecule has 0 spiro atoms. The molecule has 2 rings (SSSR count). The van der Waals surface area contributed by atoms with Gasteiger partial charge in [0.25, 0.3) is 0 Å². The average Bonchev–Trinajstić information content (AvgIpc) is 2.39. The minimum absolute atomic E-state index is 0.162. The molecular weight excluding hydrogens is 228 g/mol. The van der Waals surface area contributed by atoms with Gasteiger partial charge in [-0.2, -0.15) is 0 Å². The summed E-state index contributed by atoms with van der Waals surface area (Å²) < 4.78 is 0. The highest BCUT2D eigenvalue weighted by molar-refractivity contribution is 5.77. The summed E-state index contributed by atoms with van der Waals surface area (Å²) >= 11 is 0. The standard InChI is InChI=1S/C14H20N2O2/c1-12-3-2-4-13(9-12)10-15-5-7-16(8-6-15)14(18)11-17/h2-4,9,17H,5-8,10-11H2,1H3. The van der Waals surface area contributed by atoms with Crippen LogP contribution in [-0.4, -0.2) is 53.6 Å². The Hall–Kier alpha value is -1.39. The van der Waals surface area contributed by atoms with Gasteiger partial charge in [0.15, 0.2) is 0 Å². The molecule has 1 saturated heterocycles. The quantitative estimate of drug-likeness (QED) is 0.853. The Morgan fingerprint density at radius 1 is 1.28 bits per heavy atom. The lowest BCUT2D eigenvalue weighted by atomic mass is 10.1. The molecule has 1 heterocycles. The van der Waals surface area contributed by atoms with Crippen LogP contribution in [0.25, 0.3) is 0 Å². The first-order valence-electron chi connectivity index (χ1n) is 6.35. The summed E-state index contributed by atoms with van der Waals surface area (Å²) in [7, 11) is 0. The van der Waals surface area contributed by atoms with Crippen molar-refractivity contribution in [2.24, 2.45) is 0 Å². The van der Waals surface area contributed by atoms with Crippen molar-refractivity contribution >= 4 is 5.91 Å². The molecule has 1 fully saturated rings. The van der Waals surface area contributed by atoms with Crippen LogP contribution in [0.2, 0.25) is 0 Å². The van der Waals surface area contributed by atoms with Gasteiger partial charge in [-0.25, -0.2) is 0 Å². The summed E-state index contributed by atoms with van der Waals surface area (Å²) in [5.74, 6) is -0.162. The average molecular weight is 248 g/mol. The molecule has 0 saturated carbocycles. The van der Waals surface area contributed by atoms with Gasteiger partial charge in [0, 0.05) is 32.7 Å². The van der Waals surface area contributed by atoms with Crippen molar-refractivity contribution in [1.29, 1.82) is 0 Å². The van der Waals surface area contributed by atoms with Crippen LogP contribution in [0.1, 0.15) is 11.1 Å². The van der Waals surface area contributed by atoms with Crippen LogP contribution < -0.4 is 0 Å². The van der Waals surface area contributed by atoms with Gasteiger partial charge in [-0.05, 0) is 12.5 Å². The molecule has 0 unspecified atom stereocenters. The zero-order chi connectivity index (χ0) is 13.0. The third-order valence-electron chi connectivity index (χ3n) is 3.35. The van der Waals surface area contributed by atoms with Gasteiger partial charge < -0.3 is 10.0 Å². The highest BCUT2D eigenvalue weighted by Crippen LogP contribution is 2.10. The number of amides is 1. The predicted octanol–water partition coefficient (Wildman–Crippen LogP) is 0.632. The molecule has 98 valence electrons. The predicted molar refractivity (Wildman–Crippen MR) is 70.1 cm³/mol. The smallest absolute Gasteiger partial charge is 0.248 e. The van der Waals surface area contributed by atoms with E-state index < -0.39 is 0 Å². The molecule has 1 aliphatic heterocycles. The minimum atomic E-state index is -0.377. The molecule has 0 bridgehead atoms. The second kappa shape index (κ2) is 5.98. The van der Waals surface area contributed by atoms with E-state index in [4.69, 9.17) is 5.11 Å². The number of aryl methyl sites for hydroxylation is 1. The first-order chi connectivity index (χ1) is 8.69. The molecule has 1 N–H and O–H groups in total. The third-order valence-corrected chi connectivity index (χ3v) is 3.35. The number of rotatable bonds is 3. The highest BCUT2D eigenvalue weighted by atomic mass is 16.3. The van der Waals surface area contributed by atoms with Crippen molar-refractivity contribution in [3.05, 3.63) is 35.4 Å². The van der Waals surface area contributed by atoms with E-state index in [0.29, 0.717) is 13.1 Å². The fraction of sp³-hybridized carbons (Fsp3) is 0.500. The Kier molecular flexibility index (Phi) is 4.33. The van der Waals surface area contributed by atoms with Crippen molar-refractivity contribution in [1.82, 2.24) is 9.80 Å². The fourth-order valence-electron chi connectivity index (χ4n) is 2.32. The summed E-state index contributed by atoms with van der Waals surface area (Å²) in [5.41, 5.74) is 2.60. The first kappa shape index (κ1) is 13.1. The van der Waals surface area contributed by atoms with E-state index in [1.54, 1.807) is 4.90 Å². The molecular formula is C14H20N2O2. The molecule has 1 amide bonds. The second-order valence-corrected chi connectivity index (χ2v) is 4.80. The van der Waals surface area contributed by atoms with E-state index in [-0.39, 0.29) is 12.5 Å². The van der Waals surface area contributed by atoms with Crippen LogP contribution in [0.5, 0.6) is 0 Å². The topological polar surface area (TPSA) is 43.8 Å². The summed E-state index contributed by atoms with van der Waals surface area (Å²) in [6.45, 7) is 5.83. The molecule has 0 aromatic heterocycles. The van der Waals surface area contributed by atoms with Gasteiger partial charge >= 0.3 is 0 Å². The number of piperazine rings is 1. The van der Waals surface area contributed by atoms with Crippen molar-refractivity contribution in [3.8, 4) is 0 Å². The molecule has 1 aromatic carbocycles. The van der Waals surface area contributed by atoms with Gasteiger partial charge in [-0.15, -0.1) is 0 Å². The molecule has 0 radical (unpaired) electrons. The number of carbonyl (C=O) groups is 1. The zero-order valence-corrected chi connectivity index (χ0v) is 10.8. The summed E-state index contributed by atoms with van der Waals surface area (Å²) in [6, 6.07) is 8.51. The van der Waals surface area contributed by atoms with E-state index in [0.717, 1.165) is 19.6 Å². The van der Waals surface area contributed by atoms with Crippen molar-refractivity contribution in [2.75, 3.05) is 32.8 Å². The highest BCUT2D eigenvalue weighted by Gasteiger charge is 2.20. The lowest BCUT2D eigenvalue weighted by Gasteiger charge is -2.34. The Morgan fingerprint density at radius 3 is 2.61 bits per heavy atom. The molecule has 0 atom stereocenters. The van der Waals surface area contributed by atoms with Crippen LogP contribution >= 0.6 is 0 Å². The molecule has 4 nitrogen and oxygen atoms in total. The lowest BCUT2D eigenvalue weighted by molar-refractivity contribution is -0.135. The van der Waals surface area contributed by atoms with E-state index in [1.807, 2.05) is 0 Å². The van der Waals surface area contributed by atoms with Crippen LogP contribution in [0, 0.1) is 6.92 Å². The van der Waals surface area contributed by atoms with Gasteiger partial charge in [0.1, 0.15) is 6.61 Å². The van der Waals surface area contributed by atoms with Crippen molar-refractivity contribution in [3.63, 3.8) is 0 Å². The normalized spacial score (nSPS) is 16.9. The molecule has 1 aromatic rings. The SMILES string of the molecule is Cc1cccc(CN2CCN(C(=O)CO)CC2)c1. The van der Waals surface area contributed by atoms with Crippen molar-refractivity contribution < 1.29 is 9.90 Å². The minimum Gasteiger partial charge on any atom is -0.387 e. The van der Waals surface area contributed by atoms with E-state index in [1.165, 1.54) is 11.1 Å². The summed E-state index contributed by atoms with van der Waals surface area (Å²) in [5, 5.41) is 8.81. The second-order valence-electron chi connectivity index (χ2n) is 4.80. The van der Waals surface area contributed by atoms with E-state index >= 15 is 0 Å². The number of nitrogens with zero attached hydrogens (tertiary/aromatic N) is 2. The number of hydrogen-bond acceptors (Lipinski definition) is 3. The summed E-state index contributed by atoms with van der Waals surface area (Å²) in [4.78, 5) is 15.4. The van der Waals surface area contributed by atoms with E-state index in [9.17, 15) is 4.79 Å². The fourth-order valence-corrected chi connectivity index (χ4v) is 2.32. The number of benzene rings is 1. The molecule has 4 heteroatoms. The van der Waals surface area contributed by atoms with Crippen LogP contribution in [0.3, 0.4) is 0 Å². The number of hydrogen-bond donors (Lipinski definition) is 1. The number of aliphatic hydroxyl groups is 1. The maximum absolute atomic E-state index is 11.3. The zero-order valence-electron chi connectivity index (χ0n) is 10.8. The number of carbonyl (C=O) groups excluding carboxylic acids is 1. The van der Waals surface area contributed by atoms with Crippen LogP contribution in [0.15, 0.2) is 24.3 Å². The Labute approximate surface area is 108 Å². The third kappa shape index (κ3) is 3.31. The molecule has 1 aliphatic rings. The molecule has 18 heavy (non-hydrogen) atoms. The Balaban J connectivity index is 1.85. The maximum atomic E-state index is 11.3. The van der Waals surface area contributed by atoms with Gasteiger partial charge in [-0.3, -0.25) is 9.69 Å². The van der Waals surface area contributed by atoms with Gasteiger partial charge in [0.05, 0.1) is 0 Å². The first-order valence-corrected chi connectivity index (χ1v) is 6.35. The van der Waals surface area contributed by atoms with Gasteiger partial charge in [0.2, 0.25) is 5.91 Å². The number of aliphatic hydroxyl groups excluding tert-OH is 1. The lowest BCUT2D eigenvalue weighted by Crippen LogP contribution is -2.49. The maximum Gasteiger partial charge on any atom is 0.248 e. The van der Waals surface area contributed by atoms with Crippen LogP contribution in [-0.2, 0) is 11.3 Å². The van der Waals surface area contributed by atoms with Crippen LogP contribution in [0.4, 0.5) is 0 Å². The van der Waals surface area contributed by atoms with Gasteiger partial charge in [-0.1, -0.05) is 29.8 Å².